The van der Waals surface area contributed by atoms with Crippen molar-refractivity contribution in [3.8, 4) is 0 Å². The summed E-state index contributed by atoms with van der Waals surface area (Å²) >= 11 is 1.60. The topological polar surface area (TPSA) is 57.7 Å². The number of rotatable bonds is 4. The molecule has 0 saturated heterocycles. The summed E-state index contributed by atoms with van der Waals surface area (Å²) in [6.45, 7) is 3.03. The second-order valence-corrected chi connectivity index (χ2v) is 6.36. The number of hydrogen-bond donors (Lipinski definition) is 0. The molecule has 1 aromatic heterocycles. The Morgan fingerprint density at radius 2 is 1.91 bits per heavy atom. The molecule has 0 spiro atoms. The van der Waals surface area contributed by atoms with Crippen LogP contribution in [-0.2, 0) is 6.54 Å². The molecule has 3 rings (SSSR count). The number of amides is 3. The highest BCUT2D eigenvalue weighted by Crippen LogP contribution is 2.24. The zero-order chi connectivity index (χ0) is 16.6. The maximum absolute atomic E-state index is 12.7. The Labute approximate surface area is 138 Å². The Morgan fingerprint density at radius 1 is 1.17 bits per heavy atom. The van der Waals surface area contributed by atoms with Gasteiger partial charge in [-0.2, -0.15) is 0 Å². The lowest BCUT2D eigenvalue weighted by atomic mass is 10.0. The largest absolute Gasteiger partial charge is 0.334 e. The number of nitrogens with zero attached hydrogens (tertiary/aromatic N) is 2. The Kier molecular flexibility index (Phi) is 4.00. The highest BCUT2D eigenvalue weighted by molar-refractivity contribution is 7.09. The molecule has 0 atom stereocenters. The third kappa shape index (κ3) is 2.66. The summed E-state index contributed by atoms with van der Waals surface area (Å²) < 4.78 is 0. The third-order valence-electron chi connectivity index (χ3n) is 3.93. The molecule has 2 aromatic rings. The van der Waals surface area contributed by atoms with Crippen molar-refractivity contribution >= 4 is 29.1 Å². The lowest BCUT2D eigenvalue weighted by molar-refractivity contribution is 0.0692. The Hall–Kier alpha value is -2.47. The van der Waals surface area contributed by atoms with Crippen LogP contribution in [0, 0.1) is 0 Å². The van der Waals surface area contributed by atoms with Crippen molar-refractivity contribution in [3.63, 3.8) is 0 Å². The molecule has 0 aliphatic carbocycles. The van der Waals surface area contributed by atoms with E-state index in [4.69, 9.17) is 0 Å². The fraction of sp³-hybridized carbons (Fsp3) is 0.235. The van der Waals surface area contributed by atoms with E-state index >= 15 is 0 Å². The fourth-order valence-corrected chi connectivity index (χ4v) is 3.31. The predicted octanol–water partition coefficient (Wildman–Crippen LogP) is 2.64. The first kappa shape index (κ1) is 15.4. The average molecular weight is 328 g/mol. The third-order valence-corrected chi connectivity index (χ3v) is 4.79. The van der Waals surface area contributed by atoms with Crippen LogP contribution >= 0.6 is 11.3 Å². The lowest BCUT2D eigenvalue weighted by Gasteiger charge is -2.20. The van der Waals surface area contributed by atoms with Crippen molar-refractivity contribution in [1.29, 1.82) is 0 Å². The van der Waals surface area contributed by atoms with Gasteiger partial charge in [0.1, 0.15) is 0 Å². The smallest absolute Gasteiger partial charge is 0.261 e. The minimum Gasteiger partial charge on any atom is -0.334 e. The molecule has 2 heterocycles. The number of hydrogen-bond acceptors (Lipinski definition) is 4. The first-order chi connectivity index (χ1) is 11.0. The van der Waals surface area contributed by atoms with Crippen LogP contribution in [0.2, 0.25) is 0 Å². The van der Waals surface area contributed by atoms with Gasteiger partial charge < -0.3 is 4.90 Å². The Morgan fingerprint density at radius 3 is 2.57 bits per heavy atom. The zero-order valence-electron chi connectivity index (χ0n) is 12.9. The van der Waals surface area contributed by atoms with Gasteiger partial charge in [0.05, 0.1) is 17.7 Å². The number of benzene rings is 1. The van der Waals surface area contributed by atoms with E-state index in [1.54, 1.807) is 28.4 Å². The van der Waals surface area contributed by atoms with Gasteiger partial charge in [-0.3, -0.25) is 19.3 Å². The SMILES string of the molecule is CCN(Cc1cccs1)C(=O)c1ccc2c(c1)C(=O)N(C)C2=O. The molecular weight excluding hydrogens is 312 g/mol. The molecular formula is C17H16N2O3S. The quantitative estimate of drug-likeness (QED) is 0.811. The molecule has 118 valence electrons. The van der Waals surface area contributed by atoms with Gasteiger partial charge in [0.2, 0.25) is 0 Å². The summed E-state index contributed by atoms with van der Waals surface area (Å²) in [6.07, 6.45) is 0. The Balaban J connectivity index is 1.88. The number of thiophene rings is 1. The number of fused-ring (bicyclic) bond motifs is 1. The molecule has 0 unspecified atom stereocenters. The highest BCUT2D eigenvalue weighted by Gasteiger charge is 2.33. The molecule has 0 saturated carbocycles. The van der Waals surface area contributed by atoms with E-state index < -0.39 is 0 Å². The second-order valence-electron chi connectivity index (χ2n) is 5.33. The normalized spacial score (nSPS) is 13.4. The molecule has 6 heteroatoms. The minimum absolute atomic E-state index is 0.140. The molecule has 0 fully saturated rings. The zero-order valence-corrected chi connectivity index (χ0v) is 13.7. The van der Waals surface area contributed by atoms with E-state index in [0.29, 0.717) is 29.8 Å². The van der Waals surface area contributed by atoms with Gasteiger partial charge in [-0.05, 0) is 36.6 Å². The standard InChI is InChI=1S/C17H16N2O3S/c1-3-19(10-12-5-4-8-23-12)15(20)11-6-7-13-14(9-11)17(22)18(2)16(13)21/h4-9H,3,10H2,1-2H3. The Bertz CT molecular complexity index is 783. The molecule has 0 N–H and O–H groups in total. The van der Waals surface area contributed by atoms with Gasteiger partial charge in [-0.1, -0.05) is 6.07 Å². The second kappa shape index (κ2) is 5.96. The van der Waals surface area contributed by atoms with Crippen LogP contribution < -0.4 is 0 Å². The minimum atomic E-state index is -0.360. The molecule has 3 amide bonds. The van der Waals surface area contributed by atoms with Gasteiger partial charge in [0.25, 0.3) is 17.7 Å². The van der Waals surface area contributed by atoms with Crippen LogP contribution in [-0.4, -0.2) is 41.1 Å². The monoisotopic (exact) mass is 328 g/mol. The van der Waals surface area contributed by atoms with Crippen LogP contribution in [0.4, 0.5) is 0 Å². The van der Waals surface area contributed by atoms with Crippen molar-refractivity contribution < 1.29 is 14.4 Å². The average Bonchev–Trinajstić information content (AvgIpc) is 3.15. The van der Waals surface area contributed by atoms with Crippen molar-refractivity contribution in [2.24, 2.45) is 0 Å². The molecule has 23 heavy (non-hydrogen) atoms. The van der Waals surface area contributed by atoms with E-state index in [2.05, 4.69) is 0 Å². The van der Waals surface area contributed by atoms with Crippen molar-refractivity contribution in [2.75, 3.05) is 13.6 Å². The van der Waals surface area contributed by atoms with Crippen LogP contribution in [0.3, 0.4) is 0 Å². The van der Waals surface area contributed by atoms with Gasteiger partial charge in [0, 0.05) is 24.0 Å². The van der Waals surface area contributed by atoms with Gasteiger partial charge >= 0.3 is 0 Å². The number of imide groups is 1. The van der Waals surface area contributed by atoms with Crippen molar-refractivity contribution in [3.05, 3.63) is 57.3 Å². The number of carbonyl (C=O) groups is 3. The maximum atomic E-state index is 12.7. The predicted molar refractivity (Wildman–Crippen MR) is 87.6 cm³/mol. The summed E-state index contributed by atoms with van der Waals surface area (Å²) in [5.74, 6) is -0.825. The molecule has 0 bridgehead atoms. The van der Waals surface area contributed by atoms with Crippen molar-refractivity contribution in [1.82, 2.24) is 9.80 Å². The fourth-order valence-electron chi connectivity index (χ4n) is 2.59. The van der Waals surface area contributed by atoms with E-state index in [9.17, 15) is 14.4 Å². The van der Waals surface area contributed by atoms with Crippen LogP contribution in [0.15, 0.2) is 35.7 Å². The van der Waals surface area contributed by atoms with Crippen LogP contribution in [0.5, 0.6) is 0 Å². The lowest BCUT2D eigenvalue weighted by Crippen LogP contribution is -2.30. The summed E-state index contributed by atoms with van der Waals surface area (Å²) in [6, 6.07) is 8.64. The maximum Gasteiger partial charge on any atom is 0.261 e. The molecule has 1 aliphatic heterocycles. The van der Waals surface area contributed by atoms with Crippen LogP contribution in [0.1, 0.15) is 42.9 Å². The van der Waals surface area contributed by atoms with E-state index in [1.165, 1.54) is 13.1 Å². The molecule has 1 aromatic carbocycles. The summed E-state index contributed by atoms with van der Waals surface area (Å²) in [5.41, 5.74) is 1.09. The van der Waals surface area contributed by atoms with Gasteiger partial charge in [0.15, 0.2) is 0 Å². The summed E-state index contributed by atoms with van der Waals surface area (Å²) in [7, 11) is 1.45. The van der Waals surface area contributed by atoms with E-state index in [-0.39, 0.29) is 17.7 Å². The van der Waals surface area contributed by atoms with Crippen LogP contribution in [0.25, 0.3) is 0 Å². The van der Waals surface area contributed by atoms with E-state index in [0.717, 1.165) is 9.78 Å². The molecule has 1 aliphatic rings. The highest BCUT2D eigenvalue weighted by atomic mass is 32.1. The summed E-state index contributed by atoms with van der Waals surface area (Å²) in [4.78, 5) is 40.5. The number of carbonyl (C=O) groups excluding carboxylic acids is 3. The van der Waals surface area contributed by atoms with Crippen molar-refractivity contribution in [2.45, 2.75) is 13.5 Å². The summed E-state index contributed by atoms with van der Waals surface area (Å²) in [5, 5.41) is 1.98. The first-order valence-corrected chi connectivity index (χ1v) is 8.19. The van der Waals surface area contributed by atoms with E-state index in [1.807, 2.05) is 24.4 Å². The molecule has 5 nitrogen and oxygen atoms in total. The van der Waals surface area contributed by atoms with Gasteiger partial charge in [-0.15, -0.1) is 11.3 Å². The molecule has 0 radical (unpaired) electrons. The van der Waals surface area contributed by atoms with Gasteiger partial charge in [-0.25, -0.2) is 0 Å². The first-order valence-electron chi connectivity index (χ1n) is 7.31.